The van der Waals surface area contributed by atoms with Gasteiger partial charge in [-0.3, -0.25) is 14.9 Å². The number of amides is 1. The summed E-state index contributed by atoms with van der Waals surface area (Å²) in [6.45, 7) is 6.00. The van der Waals surface area contributed by atoms with Crippen LogP contribution >= 0.6 is 11.6 Å². The Balaban J connectivity index is 2.14. The van der Waals surface area contributed by atoms with E-state index >= 15 is 0 Å². The average Bonchev–Trinajstić information content (AvgIpc) is 2.53. The molecule has 0 atom stereocenters. The Kier molecular flexibility index (Phi) is 5.24. The van der Waals surface area contributed by atoms with Gasteiger partial charge >= 0.3 is 0 Å². The van der Waals surface area contributed by atoms with E-state index in [1.54, 1.807) is 13.0 Å². The number of benzene rings is 2. The zero-order valence-corrected chi connectivity index (χ0v) is 14.6. The number of nitro benzene ring substituents is 1. The summed E-state index contributed by atoms with van der Waals surface area (Å²) in [7, 11) is 0. The van der Waals surface area contributed by atoms with Gasteiger partial charge in [0.15, 0.2) is 0 Å². The van der Waals surface area contributed by atoms with E-state index in [0.29, 0.717) is 22.7 Å². The Hall–Kier alpha value is -2.40. The monoisotopic (exact) mass is 346 g/mol. The molecule has 0 heterocycles. The van der Waals surface area contributed by atoms with E-state index in [1.807, 2.05) is 38.1 Å². The molecule has 1 amide bonds. The number of hydrogen-bond donors (Lipinski definition) is 1. The van der Waals surface area contributed by atoms with Crippen molar-refractivity contribution < 1.29 is 9.72 Å². The summed E-state index contributed by atoms with van der Waals surface area (Å²) in [6, 6.07) is 12.0. The van der Waals surface area contributed by atoms with E-state index in [-0.39, 0.29) is 17.0 Å². The molecule has 0 fully saturated rings. The fourth-order valence-electron chi connectivity index (χ4n) is 2.47. The first-order chi connectivity index (χ1) is 11.2. The molecule has 2 aromatic carbocycles. The maximum atomic E-state index is 12.4. The van der Waals surface area contributed by atoms with Gasteiger partial charge in [-0.15, -0.1) is 0 Å². The molecular formula is C18H19ClN2O3. The molecule has 126 valence electrons. The van der Waals surface area contributed by atoms with E-state index in [4.69, 9.17) is 11.6 Å². The van der Waals surface area contributed by atoms with Crippen molar-refractivity contribution in [2.24, 2.45) is 0 Å². The predicted molar refractivity (Wildman–Crippen MR) is 94.6 cm³/mol. The van der Waals surface area contributed by atoms with Crippen LogP contribution in [-0.4, -0.2) is 17.4 Å². The highest BCUT2D eigenvalue weighted by atomic mass is 35.5. The van der Waals surface area contributed by atoms with Crippen molar-refractivity contribution in [1.29, 1.82) is 0 Å². The fraction of sp³-hybridized carbons (Fsp3) is 0.278. The largest absolute Gasteiger partial charge is 0.351 e. The van der Waals surface area contributed by atoms with E-state index < -0.39 is 4.92 Å². The SMILES string of the molecule is Cc1c(C(=O)NCC(C)(C)c2ccc(Cl)cc2)cccc1[N+](=O)[O-]. The Bertz CT molecular complexity index is 770. The smallest absolute Gasteiger partial charge is 0.273 e. The lowest BCUT2D eigenvalue weighted by Gasteiger charge is -2.26. The van der Waals surface area contributed by atoms with E-state index in [0.717, 1.165) is 5.56 Å². The lowest BCUT2D eigenvalue weighted by Crippen LogP contribution is -2.37. The van der Waals surface area contributed by atoms with Gasteiger partial charge in [0.1, 0.15) is 0 Å². The van der Waals surface area contributed by atoms with Crippen molar-refractivity contribution in [3.8, 4) is 0 Å². The normalized spacial score (nSPS) is 11.2. The molecule has 1 N–H and O–H groups in total. The topological polar surface area (TPSA) is 72.2 Å². The maximum Gasteiger partial charge on any atom is 0.273 e. The molecule has 24 heavy (non-hydrogen) atoms. The summed E-state index contributed by atoms with van der Waals surface area (Å²) in [5.74, 6) is -0.321. The number of nitrogens with one attached hydrogen (secondary N) is 1. The number of carbonyl (C=O) groups excluding carboxylic acids is 1. The minimum atomic E-state index is -0.482. The molecule has 0 bridgehead atoms. The maximum absolute atomic E-state index is 12.4. The minimum Gasteiger partial charge on any atom is -0.351 e. The van der Waals surface area contributed by atoms with Crippen molar-refractivity contribution in [2.45, 2.75) is 26.2 Å². The van der Waals surface area contributed by atoms with Crippen LogP contribution in [0.2, 0.25) is 5.02 Å². The number of nitrogens with zero attached hydrogens (tertiary/aromatic N) is 1. The van der Waals surface area contributed by atoms with Gasteiger partial charge in [-0.1, -0.05) is 43.6 Å². The summed E-state index contributed by atoms with van der Waals surface area (Å²) in [5, 5.41) is 14.5. The number of hydrogen-bond acceptors (Lipinski definition) is 3. The Morgan fingerprint density at radius 3 is 2.42 bits per heavy atom. The zero-order chi connectivity index (χ0) is 17.9. The molecule has 2 rings (SSSR count). The van der Waals surface area contributed by atoms with Crippen molar-refractivity contribution in [3.05, 3.63) is 74.3 Å². The van der Waals surface area contributed by atoms with Gasteiger partial charge in [0.2, 0.25) is 0 Å². The summed E-state index contributed by atoms with van der Waals surface area (Å²) in [6.07, 6.45) is 0. The van der Waals surface area contributed by atoms with Crippen molar-refractivity contribution in [1.82, 2.24) is 5.32 Å². The van der Waals surface area contributed by atoms with Crippen LogP contribution in [0, 0.1) is 17.0 Å². The molecule has 0 saturated carbocycles. The first kappa shape index (κ1) is 17.9. The molecule has 0 spiro atoms. The molecule has 2 aromatic rings. The summed E-state index contributed by atoms with van der Waals surface area (Å²) >= 11 is 5.90. The van der Waals surface area contributed by atoms with Crippen LogP contribution in [0.4, 0.5) is 5.69 Å². The molecule has 0 aliphatic carbocycles. The molecular weight excluding hydrogens is 328 g/mol. The van der Waals surface area contributed by atoms with Crippen LogP contribution in [0.1, 0.15) is 35.3 Å². The van der Waals surface area contributed by atoms with E-state index in [2.05, 4.69) is 5.32 Å². The van der Waals surface area contributed by atoms with Gasteiger partial charge in [0.25, 0.3) is 11.6 Å². The summed E-state index contributed by atoms with van der Waals surface area (Å²) in [5.41, 5.74) is 1.37. The molecule has 0 saturated heterocycles. The Morgan fingerprint density at radius 1 is 1.21 bits per heavy atom. The van der Waals surface area contributed by atoms with Crippen LogP contribution in [0.15, 0.2) is 42.5 Å². The fourth-order valence-corrected chi connectivity index (χ4v) is 2.59. The minimum absolute atomic E-state index is 0.0559. The van der Waals surface area contributed by atoms with Crippen LogP contribution < -0.4 is 5.32 Å². The van der Waals surface area contributed by atoms with Gasteiger partial charge in [-0.05, 0) is 30.7 Å². The number of nitro groups is 1. The first-order valence-corrected chi connectivity index (χ1v) is 7.88. The van der Waals surface area contributed by atoms with Crippen LogP contribution in [0.3, 0.4) is 0 Å². The highest BCUT2D eigenvalue weighted by Gasteiger charge is 2.23. The van der Waals surface area contributed by atoms with Gasteiger partial charge in [0.05, 0.1) is 4.92 Å². The van der Waals surface area contributed by atoms with E-state index in [1.165, 1.54) is 12.1 Å². The third-order valence-electron chi connectivity index (χ3n) is 4.06. The second kappa shape index (κ2) is 7.01. The third kappa shape index (κ3) is 3.92. The molecule has 0 aliphatic rings. The van der Waals surface area contributed by atoms with Gasteiger partial charge in [-0.2, -0.15) is 0 Å². The van der Waals surface area contributed by atoms with Crippen molar-refractivity contribution >= 4 is 23.2 Å². The van der Waals surface area contributed by atoms with Crippen LogP contribution in [0.5, 0.6) is 0 Å². The molecule has 0 unspecified atom stereocenters. The van der Waals surface area contributed by atoms with Crippen LogP contribution in [-0.2, 0) is 5.41 Å². The number of halogens is 1. The highest BCUT2D eigenvalue weighted by Crippen LogP contribution is 2.25. The molecule has 0 aliphatic heterocycles. The van der Waals surface area contributed by atoms with Gasteiger partial charge in [0, 0.05) is 34.2 Å². The van der Waals surface area contributed by atoms with Crippen molar-refractivity contribution in [2.75, 3.05) is 6.54 Å². The number of rotatable bonds is 5. The van der Waals surface area contributed by atoms with Crippen molar-refractivity contribution in [3.63, 3.8) is 0 Å². The standard InChI is InChI=1S/C18H19ClN2O3/c1-12-15(5-4-6-16(12)21(23)24)17(22)20-11-18(2,3)13-7-9-14(19)10-8-13/h4-10H,11H2,1-3H3,(H,20,22). The summed E-state index contributed by atoms with van der Waals surface area (Å²) in [4.78, 5) is 22.9. The quantitative estimate of drug-likeness (QED) is 0.649. The molecule has 6 heteroatoms. The van der Waals surface area contributed by atoms with Crippen LogP contribution in [0.25, 0.3) is 0 Å². The van der Waals surface area contributed by atoms with Gasteiger partial charge in [-0.25, -0.2) is 0 Å². The van der Waals surface area contributed by atoms with E-state index in [9.17, 15) is 14.9 Å². The molecule has 5 nitrogen and oxygen atoms in total. The molecule has 0 aromatic heterocycles. The second-order valence-corrected chi connectivity index (χ2v) is 6.72. The summed E-state index contributed by atoms with van der Waals surface area (Å²) < 4.78 is 0. The first-order valence-electron chi connectivity index (χ1n) is 7.50. The predicted octanol–water partition coefficient (Wildman–Crippen LogP) is 4.26. The second-order valence-electron chi connectivity index (χ2n) is 6.28. The lowest BCUT2D eigenvalue weighted by atomic mass is 9.84. The van der Waals surface area contributed by atoms with Gasteiger partial charge < -0.3 is 5.32 Å². The molecule has 0 radical (unpaired) electrons. The Morgan fingerprint density at radius 2 is 1.83 bits per heavy atom. The zero-order valence-electron chi connectivity index (χ0n) is 13.8. The average molecular weight is 347 g/mol. The number of carbonyl (C=O) groups is 1. The Labute approximate surface area is 145 Å². The lowest BCUT2D eigenvalue weighted by molar-refractivity contribution is -0.385. The third-order valence-corrected chi connectivity index (χ3v) is 4.32. The highest BCUT2D eigenvalue weighted by molar-refractivity contribution is 6.30.